The fourth-order valence-corrected chi connectivity index (χ4v) is 1.69. The first-order valence-electron chi connectivity index (χ1n) is 5.19. The summed E-state index contributed by atoms with van der Waals surface area (Å²) < 4.78 is 0. The Balaban J connectivity index is 2.21. The van der Waals surface area contributed by atoms with E-state index in [4.69, 9.17) is 0 Å². The molecule has 0 radical (unpaired) electrons. The van der Waals surface area contributed by atoms with Gasteiger partial charge in [-0.15, -0.1) is 0 Å². The molecule has 0 aromatic heterocycles. The third-order valence-electron chi connectivity index (χ3n) is 2.38. The van der Waals surface area contributed by atoms with Crippen molar-refractivity contribution in [1.29, 1.82) is 0 Å². The Morgan fingerprint density at radius 1 is 1.21 bits per heavy atom. The first-order valence-corrected chi connectivity index (χ1v) is 5.19. The maximum absolute atomic E-state index is 3.46. The minimum absolute atomic E-state index is 0.916. The van der Waals surface area contributed by atoms with Crippen LogP contribution >= 0.6 is 0 Å². The highest BCUT2D eigenvalue weighted by molar-refractivity contribution is 5.71. The summed E-state index contributed by atoms with van der Waals surface area (Å²) in [5.74, 6) is 0. The van der Waals surface area contributed by atoms with Crippen molar-refractivity contribution in [3.8, 4) is 0 Å². The molecule has 1 aliphatic rings. The number of hydrogen-bond donors (Lipinski definition) is 2. The summed E-state index contributed by atoms with van der Waals surface area (Å²) >= 11 is 0. The van der Waals surface area contributed by atoms with Crippen LogP contribution in [0.15, 0.2) is 36.0 Å². The van der Waals surface area contributed by atoms with Crippen LogP contribution in [0.1, 0.15) is 19.8 Å². The topological polar surface area (TPSA) is 24.1 Å². The van der Waals surface area contributed by atoms with Crippen molar-refractivity contribution in [2.45, 2.75) is 19.8 Å². The molecule has 0 unspecified atom stereocenters. The Kier molecular flexibility index (Phi) is 2.73. The molecule has 0 saturated heterocycles. The summed E-state index contributed by atoms with van der Waals surface area (Å²) in [5.41, 5.74) is 3.70. The number of hydrogen-bond acceptors (Lipinski definition) is 2. The molecular weight excluding hydrogens is 172 g/mol. The second-order valence-electron chi connectivity index (χ2n) is 3.53. The molecule has 0 saturated carbocycles. The van der Waals surface area contributed by atoms with Crippen LogP contribution in [0.4, 0.5) is 11.4 Å². The van der Waals surface area contributed by atoms with Crippen molar-refractivity contribution in [2.75, 3.05) is 17.2 Å². The Morgan fingerprint density at radius 3 is 2.79 bits per heavy atom. The second kappa shape index (κ2) is 4.18. The summed E-state index contributed by atoms with van der Waals surface area (Å²) in [6, 6.07) is 8.32. The monoisotopic (exact) mass is 188 g/mol. The highest BCUT2D eigenvalue weighted by atomic mass is 15.0. The average Bonchev–Trinajstić information content (AvgIpc) is 2.40. The van der Waals surface area contributed by atoms with Crippen molar-refractivity contribution in [3.63, 3.8) is 0 Å². The van der Waals surface area contributed by atoms with Crippen LogP contribution in [0, 0.1) is 0 Å². The molecule has 1 aliphatic heterocycles. The van der Waals surface area contributed by atoms with Gasteiger partial charge in [0.05, 0.1) is 11.4 Å². The molecule has 0 fully saturated rings. The summed E-state index contributed by atoms with van der Waals surface area (Å²) in [4.78, 5) is 0. The number of rotatable bonds is 2. The van der Waals surface area contributed by atoms with E-state index in [2.05, 4.69) is 47.9 Å². The second-order valence-corrected chi connectivity index (χ2v) is 3.53. The Labute approximate surface area is 85.0 Å². The number of fused-ring (bicyclic) bond motifs is 1. The third kappa shape index (κ3) is 1.90. The largest absolute Gasteiger partial charge is 0.380 e. The molecule has 2 nitrogen and oxygen atoms in total. The number of nitrogens with one attached hydrogen (secondary N) is 2. The smallest absolute Gasteiger partial charge is 0.0617 e. The molecule has 0 bridgehead atoms. The van der Waals surface area contributed by atoms with Crippen molar-refractivity contribution < 1.29 is 0 Å². The van der Waals surface area contributed by atoms with Crippen molar-refractivity contribution in [1.82, 2.24) is 0 Å². The minimum Gasteiger partial charge on any atom is -0.380 e. The van der Waals surface area contributed by atoms with E-state index in [-0.39, 0.29) is 0 Å². The van der Waals surface area contributed by atoms with Crippen molar-refractivity contribution >= 4 is 11.4 Å². The fourth-order valence-electron chi connectivity index (χ4n) is 1.69. The van der Waals surface area contributed by atoms with Crippen LogP contribution in [0.3, 0.4) is 0 Å². The van der Waals surface area contributed by atoms with E-state index in [0.29, 0.717) is 0 Å². The molecule has 0 spiro atoms. The molecule has 74 valence electrons. The van der Waals surface area contributed by atoms with Crippen LogP contribution in [-0.2, 0) is 0 Å². The molecule has 2 rings (SSSR count). The minimum atomic E-state index is 0.916. The quantitative estimate of drug-likeness (QED) is 0.744. The Hall–Kier alpha value is -1.44. The van der Waals surface area contributed by atoms with Gasteiger partial charge in [0.15, 0.2) is 0 Å². The van der Waals surface area contributed by atoms with Gasteiger partial charge in [-0.05, 0) is 24.6 Å². The molecule has 1 aromatic carbocycles. The zero-order chi connectivity index (χ0) is 9.80. The highest BCUT2D eigenvalue weighted by Crippen LogP contribution is 2.25. The van der Waals surface area contributed by atoms with Gasteiger partial charge in [-0.2, -0.15) is 0 Å². The van der Waals surface area contributed by atoms with Gasteiger partial charge in [-0.1, -0.05) is 25.5 Å². The lowest BCUT2D eigenvalue weighted by molar-refractivity contribution is 0.907. The first kappa shape index (κ1) is 9.13. The van der Waals surface area contributed by atoms with Gasteiger partial charge >= 0.3 is 0 Å². The third-order valence-corrected chi connectivity index (χ3v) is 2.38. The van der Waals surface area contributed by atoms with E-state index in [1.54, 1.807) is 0 Å². The van der Waals surface area contributed by atoms with Gasteiger partial charge in [0.2, 0.25) is 0 Å². The highest BCUT2D eigenvalue weighted by Gasteiger charge is 2.05. The van der Waals surface area contributed by atoms with Crippen molar-refractivity contribution in [3.05, 3.63) is 36.0 Å². The molecule has 2 heteroatoms. The zero-order valence-electron chi connectivity index (χ0n) is 8.51. The normalized spacial score (nSPS) is 14.5. The summed E-state index contributed by atoms with van der Waals surface area (Å²) in [7, 11) is 0. The molecule has 1 heterocycles. The van der Waals surface area contributed by atoms with Gasteiger partial charge in [0.1, 0.15) is 0 Å². The van der Waals surface area contributed by atoms with Gasteiger partial charge in [-0.3, -0.25) is 0 Å². The molecule has 2 N–H and O–H groups in total. The molecule has 0 atom stereocenters. The lowest BCUT2D eigenvalue weighted by atomic mass is 10.2. The molecule has 1 aromatic rings. The first-order chi connectivity index (χ1) is 6.90. The predicted octanol–water partition coefficient (Wildman–Crippen LogP) is 3.21. The number of para-hydroxylation sites is 2. The molecule has 0 amide bonds. The van der Waals surface area contributed by atoms with E-state index >= 15 is 0 Å². The number of benzene rings is 1. The van der Waals surface area contributed by atoms with Crippen LogP contribution in [0.5, 0.6) is 0 Å². The number of allylic oxidation sites excluding steroid dienone is 1. The Bertz CT molecular complexity index is 342. The number of anilines is 2. The molecule has 14 heavy (non-hydrogen) atoms. The predicted molar refractivity (Wildman–Crippen MR) is 61.5 cm³/mol. The molecule has 0 aliphatic carbocycles. The van der Waals surface area contributed by atoms with E-state index in [9.17, 15) is 0 Å². The fraction of sp³-hybridized carbons (Fsp3) is 0.333. The van der Waals surface area contributed by atoms with E-state index in [0.717, 1.165) is 13.0 Å². The molecular formula is C12H16N2. The summed E-state index contributed by atoms with van der Waals surface area (Å²) in [6.07, 6.45) is 4.53. The van der Waals surface area contributed by atoms with Gasteiger partial charge in [0.25, 0.3) is 0 Å². The lowest BCUT2D eigenvalue weighted by Gasteiger charge is -2.10. The van der Waals surface area contributed by atoms with E-state index in [1.807, 2.05) is 0 Å². The van der Waals surface area contributed by atoms with E-state index < -0.39 is 0 Å². The SMILES string of the molecule is CCCC1=CCNc2ccccc2N1. The van der Waals surface area contributed by atoms with Crippen LogP contribution in [0.2, 0.25) is 0 Å². The van der Waals surface area contributed by atoms with Gasteiger partial charge < -0.3 is 10.6 Å². The van der Waals surface area contributed by atoms with Crippen LogP contribution in [-0.4, -0.2) is 6.54 Å². The van der Waals surface area contributed by atoms with Gasteiger partial charge in [-0.25, -0.2) is 0 Å². The zero-order valence-corrected chi connectivity index (χ0v) is 8.51. The van der Waals surface area contributed by atoms with Gasteiger partial charge in [0, 0.05) is 12.2 Å². The van der Waals surface area contributed by atoms with Crippen LogP contribution < -0.4 is 10.6 Å². The summed E-state index contributed by atoms with van der Waals surface area (Å²) in [6.45, 7) is 3.12. The maximum Gasteiger partial charge on any atom is 0.0617 e. The van der Waals surface area contributed by atoms with Crippen molar-refractivity contribution in [2.24, 2.45) is 0 Å². The lowest BCUT2D eigenvalue weighted by Crippen LogP contribution is -1.98. The Morgan fingerprint density at radius 2 is 2.00 bits per heavy atom. The standard InChI is InChI=1S/C12H16N2/c1-2-5-10-8-9-13-11-6-3-4-7-12(11)14-10/h3-4,6-8,13-14H,2,5,9H2,1H3. The summed E-state index contributed by atoms with van der Waals surface area (Å²) in [5, 5.41) is 6.83. The van der Waals surface area contributed by atoms with Crippen LogP contribution in [0.25, 0.3) is 0 Å². The average molecular weight is 188 g/mol. The van der Waals surface area contributed by atoms with E-state index in [1.165, 1.54) is 23.5 Å². The maximum atomic E-state index is 3.46.